The zero-order valence-electron chi connectivity index (χ0n) is 14.7. The number of hydrogen-bond donors (Lipinski definition) is 1. The molecule has 0 radical (unpaired) electrons. The Morgan fingerprint density at radius 1 is 1.16 bits per heavy atom. The minimum Gasteiger partial charge on any atom is -0.361 e. The summed E-state index contributed by atoms with van der Waals surface area (Å²) in [6.07, 6.45) is 3.95. The van der Waals surface area contributed by atoms with Gasteiger partial charge in [0, 0.05) is 24.3 Å². The molecule has 2 heterocycles. The maximum atomic E-state index is 12.5. The summed E-state index contributed by atoms with van der Waals surface area (Å²) in [5.74, 6) is 0.317. The van der Waals surface area contributed by atoms with E-state index in [1.165, 1.54) is 6.42 Å². The van der Waals surface area contributed by atoms with E-state index in [2.05, 4.69) is 10.5 Å². The number of rotatable bonds is 4. The van der Waals surface area contributed by atoms with Crippen molar-refractivity contribution >= 4 is 17.5 Å². The van der Waals surface area contributed by atoms with Gasteiger partial charge in [0.15, 0.2) is 0 Å². The smallest absolute Gasteiger partial charge is 0.261 e. The number of carbonyl (C=O) groups is 2. The van der Waals surface area contributed by atoms with Crippen LogP contribution in [-0.4, -0.2) is 35.0 Å². The first-order valence-electron chi connectivity index (χ1n) is 8.76. The number of amides is 2. The molecule has 0 saturated carbocycles. The third-order valence-electron chi connectivity index (χ3n) is 4.53. The van der Waals surface area contributed by atoms with Crippen molar-refractivity contribution in [3.63, 3.8) is 0 Å². The van der Waals surface area contributed by atoms with Crippen molar-refractivity contribution in [3.8, 4) is 0 Å². The van der Waals surface area contributed by atoms with E-state index in [9.17, 15) is 9.59 Å². The molecule has 1 fully saturated rings. The van der Waals surface area contributed by atoms with Crippen LogP contribution in [0.25, 0.3) is 0 Å². The predicted molar refractivity (Wildman–Crippen MR) is 94.8 cm³/mol. The maximum Gasteiger partial charge on any atom is 0.261 e. The van der Waals surface area contributed by atoms with Crippen molar-refractivity contribution < 1.29 is 14.1 Å². The van der Waals surface area contributed by atoms with Gasteiger partial charge in [-0.2, -0.15) is 0 Å². The van der Waals surface area contributed by atoms with Gasteiger partial charge < -0.3 is 14.7 Å². The highest BCUT2D eigenvalue weighted by atomic mass is 16.5. The fraction of sp³-hybridized carbons (Fsp3) is 0.421. The summed E-state index contributed by atoms with van der Waals surface area (Å²) in [5, 5.41) is 6.74. The summed E-state index contributed by atoms with van der Waals surface area (Å²) in [6.45, 7) is 5.30. The minimum atomic E-state index is -0.245. The lowest BCUT2D eigenvalue weighted by molar-refractivity contribution is 0.0724. The topological polar surface area (TPSA) is 75.4 Å². The first-order chi connectivity index (χ1) is 12.1. The SMILES string of the molecule is CCc1noc(C)c1C(=O)Nc1ccc(C(=O)N2CCCCC2)cc1. The highest BCUT2D eigenvalue weighted by Crippen LogP contribution is 2.18. The number of nitrogens with one attached hydrogen (secondary N) is 1. The summed E-state index contributed by atoms with van der Waals surface area (Å²) in [4.78, 5) is 26.8. The van der Waals surface area contributed by atoms with Crippen LogP contribution in [0.5, 0.6) is 0 Å². The Morgan fingerprint density at radius 2 is 1.84 bits per heavy atom. The van der Waals surface area contributed by atoms with Crippen molar-refractivity contribution in [1.29, 1.82) is 0 Å². The lowest BCUT2D eigenvalue weighted by Crippen LogP contribution is -2.35. The highest BCUT2D eigenvalue weighted by molar-refractivity contribution is 6.06. The Balaban J connectivity index is 1.69. The molecule has 25 heavy (non-hydrogen) atoms. The fourth-order valence-corrected chi connectivity index (χ4v) is 3.12. The standard InChI is InChI=1S/C19H23N3O3/c1-3-16-17(13(2)25-21-16)18(23)20-15-9-7-14(8-10-15)19(24)22-11-5-4-6-12-22/h7-10H,3-6,11-12H2,1-2H3,(H,20,23). The molecule has 2 aromatic rings. The molecular weight excluding hydrogens is 318 g/mol. The number of hydrogen-bond acceptors (Lipinski definition) is 4. The van der Waals surface area contributed by atoms with E-state index in [0.29, 0.717) is 34.7 Å². The van der Waals surface area contributed by atoms with Gasteiger partial charge in [0.2, 0.25) is 0 Å². The Kier molecular flexibility index (Phi) is 5.16. The second-order valence-electron chi connectivity index (χ2n) is 6.30. The number of benzene rings is 1. The molecule has 0 atom stereocenters. The Bertz CT molecular complexity index is 759. The largest absolute Gasteiger partial charge is 0.361 e. The molecule has 0 aliphatic carbocycles. The van der Waals surface area contributed by atoms with Crippen molar-refractivity contribution in [2.24, 2.45) is 0 Å². The van der Waals surface area contributed by atoms with Crippen LogP contribution in [0.4, 0.5) is 5.69 Å². The molecule has 1 aliphatic heterocycles. The van der Waals surface area contributed by atoms with Gasteiger partial charge in [-0.3, -0.25) is 9.59 Å². The number of likely N-dealkylation sites (tertiary alicyclic amines) is 1. The first kappa shape index (κ1) is 17.2. The van der Waals surface area contributed by atoms with Crippen LogP contribution in [-0.2, 0) is 6.42 Å². The van der Waals surface area contributed by atoms with Crippen LogP contribution < -0.4 is 5.32 Å². The van der Waals surface area contributed by atoms with Crippen molar-refractivity contribution in [2.45, 2.75) is 39.5 Å². The van der Waals surface area contributed by atoms with Gasteiger partial charge in [0.05, 0.1) is 5.69 Å². The highest BCUT2D eigenvalue weighted by Gasteiger charge is 2.20. The van der Waals surface area contributed by atoms with E-state index in [1.54, 1.807) is 31.2 Å². The Labute approximate surface area is 147 Å². The predicted octanol–water partition coefficient (Wildman–Crippen LogP) is 3.42. The van der Waals surface area contributed by atoms with E-state index in [4.69, 9.17) is 4.52 Å². The fourth-order valence-electron chi connectivity index (χ4n) is 3.12. The lowest BCUT2D eigenvalue weighted by Gasteiger charge is -2.26. The molecule has 0 spiro atoms. The number of piperidine rings is 1. The molecule has 1 aliphatic rings. The maximum absolute atomic E-state index is 12.5. The zero-order chi connectivity index (χ0) is 17.8. The molecule has 0 bridgehead atoms. The number of aryl methyl sites for hydroxylation is 2. The summed E-state index contributed by atoms with van der Waals surface area (Å²) < 4.78 is 5.10. The average Bonchev–Trinajstić information content (AvgIpc) is 3.03. The monoisotopic (exact) mass is 341 g/mol. The number of aromatic nitrogens is 1. The molecule has 3 rings (SSSR count). The van der Waals surface area contributed by atoms with Crippen molar-refractivity contribution in [2.75, 3.05) is 18.4 Å². The van der Waals surface area contributed by atoms with Gasteiger partial charge in [-0.15, -0.1) is 0 Å². The summed E-state index contributed by atoms with van der Waals surface area (Å²) >= 11 is 0. The van der Waals surface area contributed by atoms with Crippen LogP contribution in [0.2, 0.25) is 0 Å². The van der Waals surface area contributed by atoms with Crippen LogP contribution >= 0.6 is 0 Å². The van der Waals surface area contributed by atoms with E-state index >= 15 is 0 Å². The van der Waals surface area contributed by atoms with E-state index < -0.39 is 0 Å². The normalized spacial score (nSPS) is 14.4. The molecule has 1 aromatic carbocycles. The first-order valence-corrected chi connectivity index (χ1v) is 8.76. The molecule has 6 nitrogen and oxygen atoms in total. The molecule has 1 N–H and O–H groups in total. The van der Waals surface area contributed by atoms with Crippen molar-refractivity contribution in [3.05, 3.63) is 46.8 Å². The van der Waals surface area contributed by atoms with Crippen LogP contribution in [0.3, 0.4) is 0 Å². The van der Waals surface area contributed by atoms with Crippen LogP contribution in [0.1, 0.15) is 58.4 Å². The van der Waals surface area contributed by atoms with Crippen molar-refractivity contribution in [1.82, 2.24) is 10.1 Å². The average molecular weight is 341 g/mol. The van der Waals surface area contributed by atoms with Gasteiger partial charge >= 0.3 is 0 Å². The molecular formula is C19H23N3O3. The molecule has 132 valence electrons. The van der Waals surface area contributed by atoms with Gasteiger partial charge in [-0.25, -0.2) is 0 Å². The van der Waals surface area contributed by atoms with E-state index in [1.807, 2.05) is 11.8 Å². The summed E-state index contributed by atoms with van der Waals surface area (Å²) in [6, 6.07) is 7.02. The van der Waals surface area contributed by atoms with E-state index in [-0.39, 0.29) is 11.8 Å². The molecule has 1 saturated heterocycles. The number of anilines is 1. The lowest BCUT2D eigenvalue weighted by atomic mass is 10.1. The third-order valence-corrected chi connectivity index (χ3v) is 4.53. The van der Waals surface area contributed by atoms with Gasteiger partial charge in [0.1, 0.15) is 11.3 Å². The summed E-state index contributed by atoms with van der Waals surface area (Å²) in [5.41, 5.74) is 2.42. The third kappa shape index (κ3) is 3.73. The van der Waals surface area contributed by atoms with Gasteiger partial charge in [-0.1, -0.05) is 12.1 Å². The summed E-state index contributed by atoms with van der Waals surface area (Å²) in [7, 11) is 0. The Morgan fingerprint density at radius 3 is 2.48 bits per heavy atom. The molecule has 0 unspecified atom stereocenters. The van der Waals surface area contributed by atoms with Crippen LogP contribution in [0, 0.1) is 6.92 Å². The van der Waals surface area contributed by atoms with E-state index in [0.717, 1.165) is 25.9 Å². The molecule has 6 heteroatoms. The van der Waals surface area contributed by atoms with Crippen LogP contribution in [0.15, 0.2) is 28.8 Å². The number of nitrogens with zero attached hydrogens (tertiary/aromatic N) is 2. The molecule has 1 aromatic heterocycles. The second kappa shape index (κ2) is 7.51. The zero-order valence-corrected chi connectivity index (χ0v) is 14.7. The van der Waals surface area contributed by atoms with Gasteiger partial charge in [0.25, 0.3) is 11.8 Å². The minimum absolute atomic E-state index is 0.0562. The quantitative estimate of drug-likeness (QED) is 0.924. The number of carbonyl (C=O) groups excluding carboxylic acids is 2. The molecule has 2 amide bonds. The van der Waals surface area contributed by atoms with Gasteiger partial charge in [-0.05, 0) is 56.9 Å². The Hall–Kier alpha value is -2.63. The second-order valence-corrected chi connectivity index (χ2v) is 6.30.